The topological polar surface area (TPSA) is 43.4 Å². The van der Waals surface area contributed by atoms with E-state index in [4.69, 9.17) is 4.74 Å². The van der Waals surface area contributed by atoms with Gasteiger partial charge in [0, 0.05) is 18.8 Å². The van der Waals surface area contributed by atoms with E-state index in [-0.39, 0.29) is 22.9 Å². The van der Waals surface area contributed by atoms with Gasteiger partial charge in [-0.25, -0.2) is 0 Å². The largest absolute Gasteiger partial charge is 0.462 e. The maximum atomic E-state index is 12.1. The third kappa shape index (κ3) is 2.45. The highest BCUT2D eigenvalue weighted by molar-refractivity contribution is 5.91. The molecule has 4 rings (SSSR count). The highest BCUT2D eigenvalue weighted by atomic mass is 16.5. The molecule has 0 aromatic rings. The van der Waals surface area contributed by atoms with Crippen LogP contribution >= 0.6 is 0 Å². The van der Waals surface area contributed by atoms with Crippen molar-refractivity contribution in [3.05, 3.63) is 11.6 Å². The second kappa shape index (κ2) is 5.94. The zero-order valence-corrected chi connectivity index (χ0v) is 17.0. The Kier molecular flexibility index (Phi) is 4.17. The van der Waals surface area contributed by atoms with Crippen molar-refractivity contribution in [2.75, 3.05) is 0 Å². The summed E-state index contributed by atoms with van der Waals surface area (Å²) in [5, 5.41) is 0. The predicted molar refractivity (Wildman–Crippen MR) is 101 cm³/mol. The van der Waals surface area contributed by atoms with Gasteiger partial charge in [0.05, 0.1) is 0 Å². The molecule has 0 aliphatic heterocycles. The minimum absolute atomic E-state index is 0.0817. The summed E-state index contributed by atoms with van der Waals surface area (Å²) < 4.78 is 5.80. The van der Waals surface area contributed by atoms with Crippen LogP contribution in [0.4, 0.5) is 0 Å². The molecule has 144 valence electrons. The molecule has 0 aromatic heterocycles. The highest BCUT2D eigenvalue weighted by Crippen LogP contribution is 2.68. The molecule has 3 unspecified atom stereocenters. The van der Waals surface area contributed by atoms with E-state index in [2.05, 4.69) is 27.7 Å². The summed E-state index contributed by atoms with van der Waals surface area (Å²) in [4.78, 5) is 23.7. The van der Waals surface area contributed by atoms with Crippen molar-refractivity contribution in [1.29, 1.82) is 0 Å². The first-order valence-corrected chi connectivity index (χ1v) is 10.6. The van der Waals surface area contributed by atoms with E-state index in [1.807, 2.05) is 6.08 Å². The standard InChI is InChI=1S/C23H34O3/c1-13-10-16-11-17(25)8-9-22(16,4)21-14(2)12-23(5)18(20(13)21)6-7-19(23)26-15(3)24/h11,13-14,18-21H,6-10,12H2,1-5H3/t13-,14-,18?,19-,20?,21?,22-,23-/m0/s1. The minimum atomic E-state index is -0.133. The van der Waals surface area contributed by atoms with Crippen molar-refractivity contribution in [1.82, 2.24) is 0 Å². The summed E-state index contributed by atoms with van der Waals surface area (Å²) in [5.74, 6) is 3.37. The van der Waals surface area contributed by atoms with Gasteiger partial charge in [-0.15, -0.1) is 0 Å². The number of fused-ring (bicyclic) bond motifs is 5. The Balaban J connectivity index is 1.72. The van der Waals surface area contributed by atoms with Crippen LogP contribution in [0.3, 0.4) is 0 Å². The summed E-state index contributed by atoms with van der Waals surface area (Å²) in [7, 11) is 0. The molecular formula is C23H34O3. The van der Waals surface area contributed by atoms with Gasteiger partial charge in [-0.05, 0) is 73.2 Å². The Labute approximate surface area is 157 Å². The third-order valence-electron chi connectivity index (χ3n) is 8.78. The van der Waals surface area contributed by atoms with Gasteiger partial charge < -0.3 is 4.74 Å². The number of carbonyl (C=O) groups is 2. The molecule has 0 saturated heterocycles. The molecule has 26 heavy (non-hydrogen) atoms. The Morgan fingerprint density at radius 2 is 1.92 bits per heavy atom. The number of carbonyl (C=O) groups excluding carboxylic acids is 2. The lowest BCUT2D eigenvalue weighted by atomic mass is 9.43. The van der Waals surface area contributed by atoms with E-state index in [1.165, 1.54) is 12.0 Å². The molecule has 0 heterocycles. The van der Waals surface area contributed by atoms with Gasteiger partial charge in [0.15, 0.2) is 5.78 Å². The Hall–Kier alpha value is -1.12. The number of hydrogen-bond acceptors (Lipinski definition) is 3. The fourth-order valence-corrected chi connectivity index (χ4v) is 7.92. The van der Waals surface area contributed by atoms with Crippen LogP contribution in [0.5, 0.6) is 0 Å². The second-order valence-electron chi connectivity index (χ2n) is 10.3. The van der Waals surface area contributed by atoms with E-state index in [0.29, 0.717) is 41.8 Å². The molecule has 8 atom stereocenters. The van der Waals surface area contributed by atoms with Gasteiger partial charge in [0.25, 0.3) is 0 Å². The van der Waals surface area contributed by atoms with Gasteiger partial charge in [0.1, 0.15) is 6.10 Å². The van der Waals surface area contributed by atoms with E-state index >= 15 is 0 Å². The SMILES string of the molecule is CC(=O)O[C@H]1CCC2C3C([C@@H](C)C[C@@]21C)[C@@]1(C)CCC(=O)C=C1C[C@@H]3C. The predicted octanol–water partition coefficient (Wildman–Crippen LogP) is 4.94. The molecule has 0 spiro atoms. The Morgan fingerprint density at radius 1 is 1.19 bits per heavy atom. The Bertz CT molecular complexity index is 664. The smallest absolute Gasteiger partial charge is 0.302 e. The van der Waals surface area contributed by atoms with Crippen molar-refractivity contribution in [2.45, 2.75) is 79.2 Å². The van der Waals surface area contributed by atoms with Crippen molar-refractivity contribution in [3.63, 3.8) is 0 Å². The first-order chi connectivity index (χ1) is 12.2. The van der Waals surface area contributed by atoms with Crippen LogP contribution in [-0.4, -0.2) is 17.9 Å². The summed E-state index contributed by atoms with van der Waals surface area (Å²) in [6.45, 7) is 11.2. The average molecular weight is 359 g/mol. The van der Waals surface area contributed by atoms with Crippen LogP contribution in [0, 0.1) is 40.4 Å². The first-order valence-electron chi connectivity index (χ1n) is 10.6. The zero-order valence-electron chi connectivity index (χ0n) is 17.0. The molecule has 0 bridgehead atoms. The fraction of sp³-hybridized carbons (Fsp3) is 0.826. The molecule has 0 amide bonds. The molecular weight excluding hydrogens is 324 g/mol. The van der Waals surface area contributed by atoms with Crippen LogP contribution in [0.25, 0.3) is 0 Å². The van der Waals surface area contributed by atoms with Crippen LogP contribution in [0.2, 0.25) is 0 Å². The number of allylic oxidation sites excluding steroid dienone is 1. The lowest BCUT2D eigenvalue weighted by molar-refractivity contribution is -0.163. The van der Waals surface area contributed by atoms with Crippen molar-refractivity contribution >= 4 is 11.8 Å². The fourth-order valence-electron chi connectivity index (χ4n) is 7.92. The van der Waals surface area contributed by atoms with E-state index in [1.54, 1.807) is 6.92 Å². The van der Waals surface area contributed by atoms with Crippen molar-refractivity contribution in [3.8, 4) is 0 Å². The summed E-state index contributed by atoms with van der Waals surface area (Å²) in [6, 6.07) is 0. The maximum Gasteiger partial charge on any atom is 0.302 e. The summed E-state index contributed by atoms with van der Waals surface area (Å²) in [6.07, 6.45) is 8.21. The van der Waals surface area contributed by atoms with Crippen molar-refractivity contribution < 1.29 is 14.3 Å². The summed E-state index contributed by atoms with van der Waals surface area (Å²) in [5.41, 5.74) is 1.72. The molecule has 3 nitrogen and oxygen atoms in total. The number of ether oxygens (including phenoxy) is 1. The Morgan fingerprint density at radius 3 is 2.62 bits per heavy atom. The van der Waals surface area contributed by atoms with Gasteiger partial charge in [-0.1, -0.05) is 33.3 Å². The average Bonchev–Trinajstić information content (AvgIpc) is 2.84. The van der Waals surface area contributed by atoms with Gasteiger partial charge >= 0.3 is 5.97 Å². The molecule has 4 aliphatic rings. The first kappa shape index (κ1) is 18.3. The van der Waals surface area contributed by atoms with E-state index in [0.717, 1.165) is 25.7 Å². The van der Waals surface area contributed by atoms with E-state index < -0.39 is 0 Å². The van der Waals surface area contributed by atoms with Crippen LogP contribution in [-0.2, 0) is 14.3 Å². The molecule has 0 radical (unpaired) electrons. The van der Waals surface area contributed by atoms with Crippen molar-refractivity contribution in [2.24, 2.45) is 40.4 Å². The zero-order chi connectivity index (χ0) is 18.9. The minimum Gasteiger partial charge on any atom is -0.462 e. The number of ketones is 1. The molecule has 0 aromatic carbocycles. The number of hydrogen-bond donors (Lipinski definition) is 0. The maximum absolute atomic E-state index is 12.1. The van der Waals surface area contributed by atoms with Gasteiger partial charge in [0.2, 0.25) is 0 Å². The molecule has 3 saturated carbocycles. The third-order valence-corrected chi connectivity index (χ3v) is 8.78. The van der Waals surface area contributed by atoms with E-state index in [9.17, 15) is 9.59 Å². The van der Waals surface area contributed by atoms with Gasteiger partial charge in [-0.3, -0.25) is 9.59 Å². The lowest BCUT2D eigenvalue weighted by Gasteiger charge is -2.62. The second-order valence-corrected chi connectivity index (χ2v) is 10.3. The highest BCUT2D eigenvalue weighted by Gasteiger charge is 2.63. The summed E-state index contributed by atoms with van der Waals surface area (Å²) >= 11 is 0. The van der Waals surface area contributed by atoms with Gasteiger partial charge in [-0.2, -0.15) is 0 Å². The molecule has 3 heteroatoms. The number of rotatable bonds is 1. The van der Waals surface area contributed by atoms with Crippen LogP contribution < -0.4 is 0 Å². The van der Waals surface area contributed by atoms with Crippen LogP contribution in [0.1, 0.15) is 73.1 Å². The molecule has 4 aliphatic carbocycles. The molecule has 3 fully saturated rings. The number of esters is 1. The molecule has 0 N–H and O–H groups in total. The monoisotopic (exact) mass is 358 g/mol. The lowest BCUT2D eigenvalue weighted by Crippen LogP contribution is -2.57. The normalized spacial score (nSPS) is 50.3. The quantitative estimate of drug-likeness (QED) is 0.623. The van der Waals surface area contributed by atoms with Crippen LogP contribution in [0.15, 0.2) is 11.6 Å².